The molecule has 1 unspecified atom stereocenters. The van der Waals surface area contributed by atoms with E-state index in [9.17, 15) is 5.11 Å². The van der Waals surface area contributed by atoms with Crippen LogP contribution in [0.3, 0.4) is 0 Å². The number of thiophene rings is 1. The number of rotatable bonds is 5. The van der Waals surface area contributed by atoms with Crippen LogP contribution in [0.5, 0.6) is 0 Å². The zero-order valence-electron chi connectivity index (χ0n) is 11.5. The summed E-state index contributed by atoms with van der Waals surface area (Å²) in [6.45, 7) is 2.99. The highest BCUT2D eigenvalue weighted by atomic mass is 32.1. The molecule has 0 spiro atoms. The van der Waals surface area contributed by atoms with Crippen molar-refractivity contribution in [1.82, 2.24) is 9.55 Å². The van der Waals surface area contributed by atoms with Crippen LogP contribution in [0.2, 0.25) is 0 Å². The van der Waals surface area contributed by atoms with Gasteiger partial charge < -0.3 is 9.67 Å². The lowest BCUT2D eigenvalue weighted by molar-refractivity contribution is 0.172. The van der Waals surface area contributed by atoms with Crippen LogP contribution in [-0.4, -0.2) is 20.8 Å². The number of para-hydroxylation sites is 2. The molecule has 0 aliphatic rings. The highest BCUT2D eigenvalue weighted by Crippen LogP contribution is 2.18. The fourth-order valence-electron chi connectivity index (χ4n) is 2.60. The third-order valence-corrected chi connectivity index (χ3v) is 4.25. The average Bonchev–Trinajstić information content (AvgIpc) is 3.05. The van der Waals surface area contributed by atoms with E-state index in [4.69, 9.17) is 0 Å². The molecule has 2 aromatic heterocycles. The Morgan fingerprint density at radius 1 is 1.25 bits per heavy atom. The van der Waals surface area contributed by atoms with Gasteiger partial charge in [-0.05, 0) is 47.9 Å². The minimum absolute atomic E-state index is 0.383. The van der Waals surface area contributed by atoms with Gasteiger partial charge in [-0.15, -0.1) is 0 Å². The molecule has 0 aliphatic heterocycles. The van der Waals surface area contributed by atoms with Crippen LogP contribution in [0, 0.1) is 0 Å². The van der Waals surface area contributed by atoms with Gasteiger partial charge in [-0.2, -0.15) is 11.3 Å². The van der Waals surface area contributed by atoms with E-state index in [0.29, 0.717) is 12.8 Å². The predicted molar refractivity (Wildman–Crippen MR) is 83.1 cm³/mol. The van der Waals surface area contributed by atoms with Crippen LogP contribution in [0.25, 0.3) is 11.0 Å². The van der Waals surface area contributed by atoms with E-state index in [-0.39, 0.29) is 6.10 Å². The standard InChI is InChI=1S/C16H18N2OS/c1-2-18-15-6-4-3-5-14(15)17-16(18)10-13(19)9-12-7-8-20-11-12/h3-8,11,13,19H,2,9-10H2,1H3. The summed E-state index contributed by atoms with van der Waals surface area (Å²) in [5, 5.41) is 14.4. The molecule has 1 aromatic carbocycles. The zero-order chi connectivity index (χ0) is 13.9. The van der Waals surface area contributed by atoms with Crippen LogP contribution in [0.1, 0.15) is 18.3 Å². The summed E-state index contributed by atoms with van der Waals surface area (Å²) < 4.78 is 2.19. The number of nitrogens with zero attached hydrogens (tertiary/aromatic N) is 2. The number of imidazole rings is 1. The van der Waals surface area contributed by atoms with Crippen molar-refractivity contribution in [2.24, 2.45) is 0 Å². The maximum absolute atomic E-state index is 10.3. The Balaban J connectivity index is 1.83. The van der Waals surface area contributed by atoms with Crippen molar-refractivity contribution in [1.29, 1.82) is 0 Å². The normalized spacial score (nSPS) is 12.9. The van der Waals surface area contributed by atoms with Gasteiger partial charge in [0.1, 0.15) is 5.82 Å². The molecule has 2 heterocycles. The maximum Gasteiger partial charge on any atom is 0.112 e. The second-order valence-electron chi connectivity index (χ2n) is 4.95. The van der Waals surface area contributed by atoms with Gasteiger partial charge in [-0.25, -0.2) is 4.98 Å². The lowest BCUT2D eigenvalue weighted by Gasteiger charge is -2.11. The van der Waals surface area contributed by atoms with Gasteiger partial charge in [0.15, 0.2) is 0 Å². The molecule has 0 fully saturated rings. The first-order chi connectivity index (χ1) is 9.78. The van der Waals surface area contributed by atoms with Gasteiger partial charge in [0.2, 0.25) is 0 Å². The second kappa shape index (κ2) is 5.77. The first kappa shape index (κ1) is 13.3. The van der Waals surface area contributed by atoms with E-state index in [1.54, 1.807) is 11.3 Å². The third kappa shape index (κ3) is 2.62. The molecule has 0 radical (unpaired) electrons. The van der Waals surface area contributed by atoms with Crippen LogP contribution < -0.4 is 0 Å². The number of aromatic nitrogens is 2. The summed E-state index contributed by atoms with van der Waals surface area (Å²) in [5.41, 5.74) is 3.35. The largest absolute Gasteiger partial charge is 0.392 e. The summed E-state index contributed by atoms with van der Waals surface area (Å²) in [4.78, 5) is 4.66. The number of hydrogen-bond donors (Lipinski definition) is 1. The van der Waals surface area contributed by atoms with Crippen molar-refractivity contribution in [2.75, 3.05) is 0 Å². The fourth-order valence-corrected chi connectivity index (χ4v) is 3.28. The summed E-state index contributed by atoms with van der Waals surface area (Å²) in [5.74, 6) is 0.969. The van der Waals surface area contributed by atoms with Crippen molar-refractivity contribution in [3.05, 3.63) is 52.5 Å². The molecule has 0 bridgehead atoms. The summed E-state index contributed by atoms with van der Waals surface area (Å²) >= 11 is 1.67. The third-order valence-electron chi connectivity index (χ3n) is 3.52. The van der Waals surface area contributed by atoms with E-state index in [1.807, 2.05) is 23.6 Å². The first-order valence-electron chi connectivity index (χ1n) is 6.91. The number of hydrogen-bond acceptors (Lipinski definition) is 3. The smallest absolute Gasteiger partial charge is 0.112 e. The van der Waals surface area contributed by atoms with Crippen molar-refractivity contribution >= 4 is 22.4 Å². The molecule has 20 heavy (non-hydrogen) atoms. The van der Waals surface area contributed by atoms with Crippen LogP contribution in [0.15, 0.2) is 41.1 Å². The summed E-state index contributed by atoms with van der Waals surface area (Å²) in [6, 6.07) is 10.2. The Morgan fingerprint density at radius 2 is 2.10 bits per heavy atom. The van der Waals surface area contributed by atoms with Gasteiger partial charge in [-0.3, -0.25) is 0 Å². The molecule has 104 valence electrons. The number of aliphatic hydroxyl groups is 1. The van der Waals surface area contributed by atoms with Gasteiger partial charge in [-0.1, -0.05) is 12.1 Å². The topological polar surface area (TPSA) is 38.0 Å². The molecule has 0 saturated heterocycles. The second-order valence-corrected chi connectivity index (χ2v) is 5.73. The number of aryl methyl sites for hydroxylation is 1. The Labute approximate surface area is 122 Å². The van der Waals surface area contributed by atoms with E-state index in [1.165, 1.54) is 5.56 Å². The van der Waals surface area contributed by atoms with Crippen LogP contribution in [-0.2, 0) is 19.4 Å². The molecule has 3 aromatic rings. The van der Waals surface area contributed by atoms with Gasteiger partial charge >= 0.3 is 0 Å². The molecular weight excluding hydrogens is 268 g/mol. The number of benzene rings is 1. The van der Waals surface area contributed by atoms with Crippen LogP contribution >= 0.6 is 11.3 Å². The lowest BCUT2D eigenvalue weighted by Crippen LogP contribution is -2.17. The van der Waals surface area contributed by atoms with Crippen molar-refractivity contribution in [3.8, 4) is 0 Å². The van der Waals surface area contributed by atoms with Crippen molar-refractivity contribution in [3.63, 3.8) is 0 Å². The first-order valence-corrected chi connectivity index (χ1v) is 7.85. The molecule has 3 rings (SSSR count). The van der Waals surface area contributed by atoms with E-state index in [2.05, 4.69) is 34.0 Å². The molecule has 0 amide bonds. The van der Waals surface area contributed by atoms with Crippen molar-refractivity contribution < 1.29 is 5.11 Å². The number of aliphatic hydroxyl groups excluding tert-OH is 1. The highest BCUT2D eigenvalue weighted by molar-refractivity contribution is 7.07. The fraction of sp³-hybridized carbons (Fsp3) is 0.312. The quantitative estimate of drug-likeness (QED) is 0.781. The minimum atomic E-state index is -0.383. The zero-order valence-corrected chi connectivity index (χ0v) is 12.3. The van der Waals surface area contributed by atoms with Crippen molar-refractivity contribution in [2.45, 2.75) is 32.4 Å². The van der Waals surface area contributed by atoms with Gasteiger partial charge in [0.25, 0.3) is 0 Å². The molecule has 4 heteroatoms. The predicted octanol–water partition coefficient (Wildman–Crippen LogP) is 3.26. The van der Waals surface area contributed by atoms with E-state index in [0.717, 1.165) is 23.4 Å². The SMILES string of the molecule is CCn1c(CC(O)Cc2ccsc2)nc2ccccc21. The maximum atomic E-state index is 10.3. The lowest BCUT2D eigenvalue weighted by atomic mass is 10.1. The van der Waals surface area contributed by atoms with E-state index < -0.39 is 0 Å². The monoisotopic (exact) mass is 286 g/mol. The Kier molecular flexibility index (Phi) is 3.85. The molecule has 0 aliphatic carbocycles. The molecular formula is C16H18N2OS. The molecule has 0 saturated carbocycles. The van der Waals surface area contributed by atoms with Gasteiger partial charge in [0.05, 0.1) is 17.1 Å². The van der Waals surface area contributed by atoms with E-state index >= 15 is 0 Å². The van der Waals surface area contributed by atoms with Crippen LogP contribution in [0.4, 0.5) is 0 Å². The van der Waals surface area contributed by atoms with Gasteiger partial charge in [0, 0.05) is 13.0 Å². The Morgan fingerprint density at radius 3 is 2.85 bits per heavy atom. The Hall–Kier alpha value is -1.65. The summed E-state index contributed by atoms with van der Waals surface area (Å²) in [7, 11) is 0. The Bertz CT molecular complexity index is 688. The average molecular weight is 286 g/mol. The number of fused-ring (bicyclic) bond motifs is 1. The molecule has 3 nitrogen and oxygen atoms in total. The minimum Gasteiger partial charge on any atom is -0.392 e. The molecule has 1 atom stereocenters. The highest BCUT2D eigenvalue weighted by Gasteiger charge is 2.14. The molecule has 1 N–H and O–H groups in total. The summed E-state index contributed by atoms with van der Waals surface area (Å²) in [6.07, 6.45) is 0.904.